The summed E-state index contributed by atoms with van der Waals surface area (Å²) < 4.78 is 2.06. The molecule has 0 spiro atoms. The van der Waals surface area contributed by atoms with Crippen LogP contribution in [0.1, 0.15) is 56.5 Å². The minimum Gasteiger partial charge on any atom is -0.342 e. The van der Waals surface area contributed by atoms with E-state index in [1.165, 1.54) is 6.42 Å². The molecule has 2 aliphatic rings. The van der Waals surface area contributed by atoms with Crippen LogP contribution in [-0.2, 0) is 11.2 Å². The Labute approximate surface area is 149 Å². The summed E-state index contributed by atoms with van der Waals surface area (Å²) in [6.07, 6.45) is 10.2. The molecule has 132 valence electrons. The molecule has 5 heteroatoms. The third kappa shape index (κ3) is 3.20. The number of aryl methyl sites for hydroxylation is 1. The zero-order valence-corrected chi connectivity index (χ0v) is 14.9. The number of carbonyl (C=O) groups is 1. The van der Waals surface area contributed by atoms with E-state index in [1.807, 2.05) is 18.5 Å². The molecule has 0 unspecified atom stereocenters. The first-order valence-electron chi connectivity index (χ1n) is 9.54. The van der Waals surface area contributed by atoms with Crippen LogP contribution in [0.5, 0.6) is 0 Å². The van der Waals surface area contributed by atoms with Gasteiger partial charge in [-0.1, -0.05) is 19.4 Å². The van der Waals surface area contributed by atoms with Crippen molar-refractivity contribution in [2.24, 2.45) is 5.92 Å². The molecule has 1 aliphatic heterocycles. The molecule has 1 amide bonds. The molecule has 1 saturated heterocycles. The van der Waals surface area contributed by atoms with E-state index in [9.17, 15) is 4.79 Å². The molecular weight excluding hydrogens is 312 g/mol. The van der Waals surface area contributed by atoms with Crippen LogP contribution in [0.15, 0.2) is 30.6 Å². The SMILES string of the molecule is CCc1nccn1-c1cccc([C@H]2CCCN(C(=O)C3CCC3)C2)n1. The molecule has 0 N–H and O–H groups in total. The Bertz CT molecular complexity index is 750. The number of likely N-dealkylation sites (tertiary alicyclic amines) is 1. The number of rotatable bonds is 4. The van der Waals surface area contributed by atoms with Crippen LogP contribution >= 0.6 is 0 Å². The fraction of sp³-hybridized carbons (Fsp3) is 0.550. The summed E-state index contributed by atoms with van der Waals surface area (Å²) in [5, 5.41) is 0. The molecule has 1 saturated carbocycles. The number of hydrogen-bond acceptors (Lipinski definition) is 3. The highest BCUT2D eigenvalue weighted by atomic mass is 16.2. The fourth-order valence-corrected chi connectivity index (χ4v) is 3.94. The Morgan fingerprint density at radius 3 is 2.88 bits per heavy atom. The van der Waals surface area contributed by atoms with E-state index >= 15 is 0 Å². The van der Waals surface area contributed by atoms with Crippen molar-refractivity contribution < 1.29 is 4.79 Å². The highest BCUT2D eigenvalue weighted by Gasteiger charge is 2.32. The van der Waals surface area contributed by atoms with Crippen LogP contribution in [-0.4, -0.2) is 38.4 Å². The predicted molar refractivity (Wildman–Crippen MR) is 96.6 cm³/mol. The maximum atomic E-state index is 12.6. The van der Waals surface area contributed by atoms with Gasteiger partial charge in [-0.05, 0) is 37.8 Å². The second-order valence-corrected chi connectivity index (χ2v) is 7.24. The first-order valence-corrected chi connectivity index (χ1v) is 9.54. The molecule has 4 rings (SSSR count). The highest BCUT2D eigenvalue weighted by molar-refractivity contribution is 5.79. The molecular formula is C20H26N4O. The average Bonchev–Trinajstić information content (AvgIpc) is 3.09. The maximum absolute atomic E-state index is 12.6. The van der Waals surface area contributed by atoms with Gasteiger partial charge in [-0.2, -0.15) is 0 Å². The Morgan fingerprint density at radius 1 is 1.24 bits per heavy atom. The quantitative estimate of drug-likeness (QED) is 0.859. The molecule has 2 aromatic rings. The number of nitrogens with zero attached hydrogens (tertiary/aromatic N) is 4. The van der Waals surface area contributed by atoms with E-state index in [0.29, 0.717) is 11.8 Å². The Morgan fingerprint density at radius 2 is 2.12 bits per heavy atom. The molecule has 2 aromatic heterocycles. The number of aromatic nitrogens is 3. The predicted octanol–water partition coefficient (Wildman–Crippen LogP) is 3.34. The molecule has 0 bridgehead atoms. The first kappa shape index (κ1) is 16.3. The van der Waals surface area contributed by atoms with Crippen LogP contribution in [0.4, 0.5) is 0 Å². The van der Waals surface area contributed by atoms with Gasteiger partial charge in [0.25, 0.3) is 0 Å². The molecule has 2 fully saturated rings. The van der Waals surface area contributed by atoms with Gasteiger partial charge in [0.1, 0.15) is 11.6 Å². The Balaban J connectivity index is 1.53. The second-order valence-electron chi connectivity index (χ2n) is 7.24. The lowest BCUT2D eigenvalue weighted by atomic mass is 9.83. The molecule has 3 heterocycles. The summed E-state index contributed by atoms with van der Waals surface area (Å²) in [6.45, 7) is 3.83. The van der Waals surface area contributed by atoms with Gasteiger partial charge in [0.2, 0.25) is 5.91 Å². The van der Waals surface area contributed by atoms with Gasteiger partial charge in [0.05, 0.1) is 0 Å². The van der Waals surface area contributed by atoms with E-state index in [4.69, 9.17) is 4.98 Å². The van der Waals surface area contributed by atoms with Gasteiger partial charge in [0.15, 0.2) is 0 Å². The van der Waals surface area contributed by atoms with Gasteiger partial charge < -0.3 is 4.90 Å². The van der Waals surface area contributed by atoms with Crippen molar-refractivity contribution >= 4 is 5.91 Å². The summed E-state index contributed by atoms with van der Waals surface area (Å²) in [5.74, 6) is 2.95. The van der Waals surface area contributed by atoms with E-state index in [1.54, 1.807) is 0 Å². The van der Waals surface area contributed by atoms with Crippen molar-refractivity contribution in [3.8, 4) is 5.82 Å². The van der Waals surface area contributed by atoms with Crippen molar-refractivity contribution in [2.75, 3.05) is 13.1 Å². The third-order valence-corrected chi connectivity index (χ3v) is 5.64. The summed E-state index contributed by atoms with van der Waals surface area (Å²) >= 11 is 0. The van der Waals surface area contributed by atoms with Crippen molar-refractivity contribution in [1.29, 1.82) is 0 Å². The van der Waals surface area contributed by atoms with Gasteiger partial charge >= 0.3 is 0 Å². The lowest BCUT2D eigenvalue weighted by molar-refractivity contribution is -0.139. The monoisotopic (exact) mass is 338 g/mol. The Hall–Kier alpha value is -2.17. The van der Waals surface area contributed by atoms with Crippen molar-refractivity contribution in [3.63, 3.8) is 0 Å². The standard InChI is InChI=1S/C20H26N4O/c1-2-18-21-11-13-24(18)19-10-4-9-17(22-19)16-8-5-12-23(14-16)20(25)15-6-3-7-15/h4,9-11,13,15-16H,2-3,5-8,12,14H2,1H3/t16-/m0/s1. The van der Waals surface area contributed by atoms with Crippen LogP contribution in [0.3, 0.4) is 0 Å². The van der Waals surface area contributed by atoms with Gasteiger partial charge in [0, 0.05) is 49.4 Å². The van der Waals surface area contributed by atoms with E-state index in [2.05, 4.69) is 33.5 Å². The molecule has 0 radical (unpaired) electrons. The smallest absolute Gasteiger partial charge is 0.225 e. The minimum absolute atomic E-state index is 0.288. The fourth-order valence-electron chi connectivity index (χ4n) is 3.94. The molecule has 5 nitrogen and oxygen atoms in total. The topological polar surface area (TPSA) is 51.0 Å². The van der Waals surface area contributed by atoms with Crippen molar-refractivity contribution in [2.45, 2.75) is 51.4 Å². The number of amides is 1. The molecule has 25 heavy (non-hydrogen) atoms. The maximum Gasteiger partial charge on any atom is 0.225 e. The Kier molecular flexibility index (Phi) is 4.55. The summed E-state index contributed by atoms with van der Waals surface area (Å²) in [5.41, 5.74) is 1.10. The van der Waals surface area contributed by atoms with Gasteiger partial charge in [-0.3, -0.25) is 9.36 Å². The number of hydrogen-bond donors (Lipinski definition) is 0. The third-order valence-electron chi connectivity index (χ3n) is 5.64. The first-order chi connectivity index (χ1) is 12.3. The largest absolute Gasteiger partial charge is 0.342 e. The van der Waals surface area contributed by atoms with Gasteiger partial charge in [-0.15, -0.1) is 0 Å². The van der Waals surface area contributed by atoms with Crippen LogP contribution in [0, 0.1) is 5.92 Å². The van der Waals surface area contributed by atoms with Crippen LogP contribution in [0.25, 0.3) is 5.82 Å². The van der Waals surface area contributed by atoms with Crippen LogP contribution < -0.4 is 0 Å². The van der Waals surface area contributed by atoms with E-state index < -0.39 is 0 Å². The lowest BCUT2D eigenvalue weighted by Crippen LogP contribution is -2.44. The van der Waals surface area contributed by atoms with E-state index in [0.717, 1.165) is 62.5 Å². The van der Waals surface area contributed by atoms with E-state index in [-0.39, 0.29) is 5.92 Å². The van der Waals surface area contributed by atoms with Crippen molar-refractivity contribution in [3.05, 3.63) is 42.1 Å². The minimum atomic E-state index is 0.288. The number of carbonyl (C=O) groups excluding carboxylic acids is 1. The van der Waals surface area contributed by atoms with Crippen LogP contribution in [0.2, 0.25) is 0 Å². The number of imidazole rings is 1. The summed E-state index contributed by atoms with van der Waals surface area (Å²) in [7, 11) is 0. The number of piperidine rings is 1. The second kappa shape index (κ2) is 6.98. The molecule has 1 atom stereocenters. The molecule has 0 aromatic carbocycles. The summed E-state index contributed by atoms with van der Waals surface area (Å²) in [4.78, 5) is 24.0. The normalized spacial score (nSPS) is 21.2. The number of pyridine rings is 1. The average molecular weight is 338 g/mol. The zero-order chi connectivity index (χ0) is 17.2. The van der Waals surface area contributed by atoms with Crippen molar-refractivity contribution in [1.82, 2.24) is 19.4 Å². The zero-order valence-electron chi connectivity index (χ0n) is 14.9. The summed E-state index contributed by atoms with van der Waals surface area (Å²) in [6, 6.07) is 6.21. The molecule has 1 aliphatic carbocycles. The van der Waals surface area contributed by atoms with Gasteiger partial charge in [-0.25, -0.2) is 9.97 Å². The lowest BCUT2D eigenvalue weighted by Gasteiger charge is -2.37. The highest BCUT2D eigenvalue weighted by Crippen LogP contribution is 2.32.